The number of nitrogens with one attached hydrogen (secondary N) is 2. The van der Waals surface area contributed by atoms with Crippen molar-refractivity contribution in [2.45, 2.75) is 36.7 Å². The number of aromatic carboxylic acids is 1. The number of thiophene rings is 1. The summed E-state index contributed by atoms with van der Waals surface area (Å²) in [4.78, 5) is 80.3. The van der Waals surface area contributed by atoms with Gasteiger partial charge < -0.3 is 40.0 Å². The van der Waals surface area contributed by atoms with Gasteiger partial charge in [0, 0.05) is 61.0 Å². The van der Waals surface area contributed by atoms with Crippen molar-refractivity contribution in [1.82, 2.24) is 25.0 Å². The number of hydrogen-bond acceptors (Lipinski definition) is 10. The van der Waals surface area contributed by atoms with Gasteiger partial charge in [-0.05, 0) is 42.0 Å². The van der Waals surface area contributed by atoms with Crippen LogP contribution in [0.3, 0.4) is 0 Å². The largest absolute Gasteiger partial charge is 1.00 e. The number of anilines is 1. The van der Waals surface area contributed by atoms with E-state index < -0.39 is 52.1 Å². The molecule has 0 radical (unpaired) electrons. The van der Waals surface area contributed by atoms with E-state index in [0.29, 0.717) is 11.1 Å². The molecule has 4 amide bonds. The number of nitrogens with zero attached hydrogens (tertiary/aromatic N) is 4. The average Bonchev–Trinajstić information content (AvgIpc) is 3.80. The predicted octanol–water partition coefficient (Wildman–Crippen LogP) is -2.28. The number of amides is 4. The third kappa shape index (κ3) is 6.76. The van der Waals surface area contributed by atoms with Gasteiger partial charge >= 0.3 is 41.6 Å². The van der Waals surface area contributed by atoms with Gasteiger partial charge in [0.1, 0.15) is 22.8 Å². The first-order chi connectivity index (χ1) is 23.5. The van der Waals surface area contributed by atoms with Crippen LogP contribution >= 0.6 is 23.1 Å². The van der Waals surface area contributed by atoms with E-state index in [1.807, 2.05) is 17.5 Å². The monoisotopic (exact) mass is 732 g/mol. The van der Waals surface area contributed by atoms with Crippen LogP contribution in [0.1, 0.15) is 34.1 Å². The topological polar surface area (TPSA) is 184 Å². The number of thioether (sulfide) groups is 1. The Hall–Kier alpha value is -3.90. The second-order valence-electron chi connectivity index (χ2n) is 12.2. The number of fused-ring (bicyclic) bond motifs is 2. The van der Waals surface area contributed by atoms with E-state index in [4.69, 9.17) is 0 Å². The minimum Gasteiger partial charge on any atom is -0.543 e. The Balaban J connectivity index is 0.00000432. The molecule has 50 heavy (non-hydrogen) atoms. The molecular weight excluding hydrogens is 703 g/mol. The number of halogens is 1. The number of rotatable bonds is 9. The van der Waals surface area contributed by atoms with Gasteiger partial charge in [0.15, 0.2) is 0 Å². The zero-order valence-corrected chi connectivity index (χ0v) is 30.5. The summed E-state index contributed by atoms with van der Waals surface area (Å²) in [7, 11) is 0. The molecule has 4 aliphatic rings. The molecule has 7 rings (SSSR count). The summed E-state index contributed by atoms with van der Waals surface area (Å²) in [5, 5.41) is 28.3. The molecule has 2 atom stereocenters. The molecule has 0 bridgehead atoms. The van der Waals surface area contributed by atoms with Crippen LogP contribution in [0.25, 0.3) is 10.9 Å². The first kappa shape index (κ1) is 35.9. The first-order valence-corrected chi connectivity index (χ1v) is 17.5. The fourth-order valence-electron chi connectivity index (χ4n) is 6.46. The van der Waals surface area contributed by atoms with Crippen molar-refractivity contribution in [3.63, 3.8) is 0 Å². The summed E-state index contributed by atoms with van der Waals surface area (Å²) in [5.41, 5.74) is -0.473. The molecule has 2 unspecified atom stereocenters. The van der Waals surface area contributed by atoms with Crippen LogP contribution in [0.2, 0.25) is 0 Å². The Kier molecular flexibility index (Phi) is 10.3. The maximum atomic E-state index is 15.4. The smallest absolute Gasteiger partial charge is 0.543 e. The van der Waals surface area contributed by atoms with Crippen LogP contribution < -0.4 is 55.6 Å². The number of pyridine rings is 1. The van der Waals surface area contributed by atoms with Crippen molar-refractivity contribution in [3.05, 3.63) is 73.6 Å². The molecule has 256 valence electrons. The Morgan fingerprint density at radius 1 is 1.08 bits per heavy atom. The Morgan fingerprint density at radius 2 is 1.82 bits per heavy atom. The summed E-state index contributed by atoms with van der Waals surface area (Å²) in [6.45, 7) is 0.832. The van der Waals surface area contributed by atoms with Crippen LogP contribution in [-0.2, 0) is 20.8 Å². The van der Waals surface area contributed by atoms with Crippen LogP contribution in [-0.4, -0.2) is 99.1 Å². The number of aromatic nitrogens is 1. The fraction of sp³-hybridized carbons (Fsp3) is 0.375. The van der Waals surface area contributed by atoms with E-state index >= 15 is 4.39 Å². The van der Waals surface area contributed by atoms with Gasteiger partial charge in [0.2, 0.25) is 11.3 Å². The first-order valence-electron chi connectivity index (χ1n) is 15.6. The molecule has 2 saturated heterocycles. The van der Waals surface area contributed by atoms with Gasteiger partial charge in [-0.3, -0.25) is 19.3 Å². The second kappa shape index (κ2) is 14.4. The molecule has 3 fully saturated rings. The minimum atomic E-state index is -1.55. The van der Waals surface area contributed by atoms with Crippen molar-refractivity contribution < 1.29 is 68.1 Å². The number of carbonyl (C=O) groups is 5. The molecule has 1 aliphatic carbocycles. The summed E-state index contributed by atoms with van der Waals surface area (Å²) < 4.78 is 17.1. The molecule has 18 heteroatoms. The van der Waals surface area contributed by atoms with Gasteiger partial charge in [0.25, 0.3) is 5.91 Å². The van der Waals surface area contributed by atoms with Crippen LogP contribution in [0.5, 0.6) is 0 Å². The normalized spacial score (nSPS) is 20.2. The van der Waals surface area contributed by atoms with Crippen molar-refractivity contribution >= 4 is 69.5 Å². The van der Waals surface area contributed by atoms with E-state index in [-0.39, 0.29) is 103 Å². The van der Waals surface area contributed by atoms with Crippen molar-refractivity contribution in [3.8, 4) is 0 Å². The van der Waals surface area contributed by atoms with Crippen LogP contribution in [0.15, 0.2) is 51.9 Å². The molecule has 5 heterocycles. The van der Waals surface area contributed by atoms with Gasteiger partial charge in [-0.1, -0.05) is 6.07 Å². The number of piperazine rings is 1. The van der Waals surface area contributed by atoms with Crippen molar-refractivity contribution in [2.24, 2.45) is 0 Å². The molecule has 0 spiro atoms. The zero-order chi connectivity index (χ0) is 34.6. The maximum Gasteiger partial charge on any atom is 1.00 e. The average molecular weight is 733 g/mol. The number of β-lactam (4-membered cyclic amide) rings is 1. The number of carboxylic acids is 2. The molecule has 1 aromatic carbocycles. The molecule has 3 aliphatic heterocycles. The van der Waals surface area contributed by atoms with Crippen LogP contribution in [0.4, 0.5) is 14.9 Å². The molecule has 14 nitrogen and oxygen atoms in total. The summed E-state index contributed by atoms with van der Waals surface area (Å²) >= 11 is 2.71. The Morgan fingerprint density at radius 3 is 2.46 bits per heavy atom. The second-order valence-corrected chi connectivity index (χ2v) is 14.4. The zero-order valence-electron chi connectivity index (χ0n) is 26.8. The molecule has 3 aromatic rings. The van der Waals surface area contributed by atoms with Gasteiger partial charge in [-0.25, -0.2) is 14.0 Å². The number of benzene rings is 1. The summed E-state index contributed by atoms with van der Waals surface area (Å²) in [6.07, 6.45) is 3.08. The van der Waals surface area contributed by atoms with Gasteiger partial charge in [0.05, 0.1) is 29.3 Å². The SMILES string of the molecule is O=C(Cc1cccs1)NC1C(=O)N2C(C(=O)[O-])=C(CNC(=O)N3CCN(c4cc5c(cc4F)c(=O)c(C(=O)O)cn5C4CC4)CC3)CSC12.[Na+]. The number of hydrogen-bond donors (Lipinski definition) is 3. The summed E-state index contributed by atoms with van der Waals surface area (Å²) in [6, 6.07) is 4.97. The maximum absolute atomic E-state index is 15.4. The minimum absolute atomic E-state index is 0. The van der Waals surface area contributed by atoms with Gasteiger partial charge in [-0.15, -0.1) is 23.1 Å². The van der Waals surface area contributed by atoms with E-state index in [0.717, 1.165) is 28.7 Å². The quantitative estimate of drug-likeness (QED) is 0.160. The van der Waals surface area contributed by atoms with E-state index in [1.54, 1.807) is 15.5 Å². The third-order valence-electron chi connectivity index (χ3n) is 9.10. The van der Waals surface area contributed by atoms with Crippen molar-refractivity contribution in [2.75, 3.05) is 43.4 Å². The molecule has 2 aromatic heterocycles. The Labute approximate surface area is 314 Å². The number of aliphatic carboxylic acids is 1. The van der Waals surface area contributed by atoms with E-state index in [1.165, 1.54) is 34.2 Å². The van der Waals surface area contributed by atoms with Gasteiger partial charge in [-0.2, -0.15) is 0 Å². The standard InChI is InChI=1S/C32H31FN6O8S2.Na/c33-21-11-19-22(38(17-3-4-17)14-20(27(19)41)30(43)44)12-23(21)36-5-7-37(8-6-36)32(47)34-13-16-15-49-29-25(28(42)39(29)26(16)31(45)46)35-24(40)10-18-2-1-9-48-18;/h1-2,9,11-12,14,17,25,29H,3-8,10,13,15H2,(H,34,47)(H,35,40)(H,43,44)(H,45,46);/q;+1/p-1. The number of urea groups is 1. The third-order valence-corrected chi connectivity index (χ3v) is 11.3. The van der Waals surface area contributed by atoms with Crippen molar-refractivity contribution in [1.29, 1.82) is 0 Å². The number of carboxylic acid groups (broad SMARTS) is 2. The number of carbonyl (C=O) groups excluding carboxylic acids is 4. The van der Waals surface area contributed by atoms with E-state index in [2.05, 4.69) is 10.6 Å². The predicted molar refractivity (Wildman–Crippen MR) is 176 cm³/mol. The fourth-order valence-corrected chi connectivity index (χ4v) is 8.51. The summed E-state index contributed by atoms with van der Waals surface area (Å²) in [5.74, 6) is -4.30. The van der Waals surface area contributed by atoms with E-state index in [9.17, 15) is 39.0 Å². The molecular formula is C32H30FN6NaO8S2. The van der Waals surface area contributed by atoms with Crippen LogP contribution in [0, 0.1) is 5.82 Å². The Bertz CT molecular complexity index is 1990. The molecule has 1 saturated carbocycles. The molecule has 3 N–H and O–H groups in total.